The topological polar surface area (TPSA) is 43.4 Å². The van der Waals surface area contributed by atoms with E-state index < -0.39 is 0 Å². The molecule has 0 bridgehead atoms. The molecule has 2 aromatic carbocycles. The van der Waals surface area contributed by atoms with Crippen LogP contribution in [0.1, 0.15) is 16.3 Å². The number of carbonyl (C=O) groups is 1. The molecule has 4 aromatic rings. The molecular formula is C23H14BrClO3. The Bertz CT molecular complexity index is 1150. The van der Waals surface area contributed by atoms with Gasteiger partial charge in [0.1, 0.15) is 17.3 Å². The SMILES string of the molecule is O=C(/C=C/c1ccc(-c2ccc(Br)cc2)o1)c1ccc(-c2ccccc2Cl)o1. The number of allylic oxidation sites excluding steroid dienone is 1. The molecule has 4 rings (SSSR count). The van der Waals surface area contributed by atoms with Crippen molar-refractivity contribution in [2.45, 2.75) is 0 Å². The van der Waals surface area contributed by atoms with Crippen LogP contribution in [0.4, 0.5) is 0 Å². The van der Waals surface area contributed by atoms with Gasteiger partial charge in [0.2, 0.25) is 5.78 Å². The minimum Gasteiger partial charge on any atom is -0.457 e. The highest BCUT2D eigenvalue weighted by Gasteiger charge is 2.12. The number of rotatable bonds is 5. The van der Waals surface area contributed by atoms with Gasteiger partial charge in [-0.1, -0.05) is 51.8 Å². The Hall–Kier alpha value is -2.82. The quantitative estimate of drug-likeness (QED) is 0.232. The van der Waals surface area contributed by atoms with Crippen molar-refractivity contribution in [3.63, 3.8) is 0 Å². The molecule has 0 N–H and O–H groups in total. The molecule has 0 aliphatic heterocycles. The molecule has 0 saturated heterocycles. The van der Waals surface area contributed by atoms with Crippen LogP contribution in [-0.2, 0) is 0 Å². The highest BCUT2D eigenvalue weighted by molar-refractivity contribution is 9.10. The van der Waals surface area contributed by atoms with Crippen molar-refractivity contribution < 1.29 is 13.6 Å². The number of ketones is 1. The summed E-state index contributed by atoms with van der Waals surface area (Å²) in [5.74, 6) is 1.87. The molecule has 2 heterocycles. The van der Waals surface area contributed by atoms with Gasteiger partial charge < -0.3 is 8.83 Å². The normalized spacial score (nSPS) is 11.2. The predicted molar refractivity (Wildman–Crippen MR) is 114 cm³/mol. The largest absolute Gasteiger partial charge is 0.457 e. The summed E-state index contributed by atoms with van der Waals surface area (Å²) in [5.41, 5.74) is 1.71. The van der Waals surface area contributed by atoms with Crippen molar-refractivity contribution in [1.82, 2.24) is 0 Å². The third kappa shape index (κ3) is 4.03. The van der Waals surface area contributed by atoms with Gasteiger partial charge in [-0.05, 0) is 60.7 Å². The number of halogens is 2. The van der Waals surface area contributed by atoms with E-state index in [1.807, 2.05) is 54.6 Å². The Morgan fingerprint density at radius 1 is 0.857 bits per heavy atom. The Morgan fingerprint density at radius 2 is 1.61 bits per heavy atom. The first-order valence-electron chi connectivity index (χ1n) is 8.53. The second-order valence-corrected chi connectivity index (χ2v) is 7.37. The summed E-state index contributed by atoms with van der Waals surface area (Å²) >= 11 is 9.59. The smallest absolute Gasteiger partial charge is 0.221 e. The van der Waals surface area contributed by atoms with E-state index in [1.54, 1.807) is 24.3 Å². The number of hydrogen-bond acceptors (Lipinski definition) is 3. The van der Waals surface area contributed by atoms with Crippen LogP contribution < -0.4 is 0 Å². The van der Waals surface area contributed by atoms with Gasteiger partial charge in [-0.15, -0.1) is 0 Å². The zero-order chi connectivity index (χ0) is 19.5. The molecule has 0 aliphatic carbocycles. The molecule has 0 fully saturated rings. The van der Waals surface area contributed by atoms with Crippen LogP contribution in [0.5, 0.6) is 0 Å². The van der Waals surface area contributed by atoms with E-state index in [0.29, 0.717) is 16.5 Å². The third-order valence-electron chi connectivity index (χ3n) is 4.14. The van der Waals surface area contributed by atoms with Crippen molar-refractivity contribution in [2.24, 2.45) is 0 Å². The maximum absolute atomic E-state index is 12.4. The lowest BCUT2D eigenvalue weighted by Gasteiger charge is -1.99. The second kappa shape index (κ2) is 8.05. The molecule has 5 heteroatoms. The standard InChI is InChI=1S/C23H14BrClO3/c24-16-7-5-15(6-8-16)21-12-10-17(27-21)9-11-20(26)23-14-13-22(28-23)18-3-1-2-4-19(18)25/h1-14H/b11-9+. The van der Waals surface area contributed by atoms with Crippen molar-refractivity contribution in [3.05, 3.63) is 99.9 Å². The van der Waals surface area contributed by atoms with Crippen molar-refractivity contribution >= 4 is 39.4 Å². The predicted octanol–water partition coefficient (Wildman–Crippen LogP) is 7.52. The fraction of sp³-hybridized carbons (Fsp3) is 0. The third-order valence-corrected chi connectivity index (χ3v) is 5.00. The Morgan fingerprint density at radius 3 is 2.39 bits per heavy atom. The highest BCUT2D eigenvalue weighted by atomic mass is 79.9. The van der Waals surface area contributed by atoms with E-state index in [4.69, 9.17) is 20.4 Å². The van der Waals surface area contributed by atoms with Gasteiger partial charge in [-0.2, -0.15) is 0 Å². The van der Waals surface area contributed by atoms with Gasteiger partial charge in [-0.25, -0.2) is 0 Å². The molecule has 0 unspecified atom stereocenters. The molecule has 3 nitrogen and oxygen atoms in total. The van der Waals surface area contributed by atoms with Crippen molar-refractivity contribution in [2.75, 3.05) is 0 Å². The fourth-order valence-corrected chi connectivity index (χ4v) is 3.22. The van der Waals surface area contributed by atoms with Crippen LogP contribution in [0.3, 0.4) is 0 Å². The van der Waals surface area contributed by atoms with Gasteiger partial charge in [-0.3, -0.25) is 4.79 Å². The Balaban J connectivity index is 1.49. The zero-order valence-electron chi connectivity index (χ0n) is 14.6. The molecule has 0 atom stereocenters. The summed E-state index contributed by atoms with van der Waals surface area (Å²) in [5, 5.41) is 0.572. The highest BCUT2D eigenvalue weighted by Crippen LogP contribution is 2.29. The number of furan rings is 2. The molecular weight excluding hydrogens is 440 g/mol. The minimum atomic E-state index is -0.250. The average molecular weight is 454 g/mol. The molecule has 2 aromatic heterocycles. The van der Waals surface area contributed by atoms with Crippen molar-refractivity contribution in [3.8, 4) is 22.6 Å². The average Bonchev–Trinajstić information content (AvgIpc) is 3.37. The number of carbonyl (C=O) groups excluding carboxylic acids is 1. The Kier molecular flexibility index (Phi) is 5.33. The lowest BCUT2D eigenvalue weighted by atomic mass is 10.2. The first-order valence-corrected chi connectivity index (χ1v) is 9.70. The van der Waals surface area contributed by atoms with Gasteiger partial charge in [0, 0.05) is 15.6 Å². The summed E-state index contributed by atoms with van der Waals surface area (Å²) in [6, 6.07) is 22.2. The van der Waals surface area contributed by atoms with E-state index in [9.17, 15) is 4.79 Å². The lowest BCUT2D eigenvalue weighted by Crippen LogP contribution is -1.90. The molecule has 0 radical (unpaired) electrons. The summed E-state index contributed by atoms with van der Waals surface area (Å²) in [6.07, 6.45) is 3.06. The van der Waals surface area contributed by atoms with Crippen molar-refractivity contribution in [1.29, 1.82) is 0 Å². The molecule has 0 saturated carbocycles. The van der Waals surface area contributed by atoms with E-state index in [1.165, 1.54) is 6.08 Å². The van der Waals surface area contributed by atoms with Gasteiger partial charge in [0.05, 0.1) is 5.02 Å². The second-order valence-electron chi connectivity index (χ2n) is 6.05. The molecule has 0 spiro atoms. The van der Waals surface area contributed by atoms with Crippen LogP contribution in [0, 0.1) is 0 Å². The maximum Gasteiger partial charge on any atom is 0.221 e. The van der Waals surface area contributed by atoms with Crippen LogP contribution in [0.15, 0.2) is 92.2 Å². The summed E-state index contributed by atoms with van der Waals surface area (Å²) < 4.78 is 12.5. The van der Waals surface area contributed by atoms with E-state index >= 15 is 0 Å². The summed E-state index contributed by atoms with van der Waals surface area (Å²) in [7, 11) is 0. The summed E-state index contributed by atoms with van der Waals surface area (Å²) in [4.78, 5) is 12.4. The minimum absolute atomic E-state index is 0.242. The first kappa shape index (κ1) is 18.5. The van der Waals surface area contributed by atoms with Gasteiger partial charge in [0.25, 0.3) is 0 Å². The Labute approximate surface area is 175 Å². The lowest BCUT2D eigenvalue weighted by molar-refractivity contribution is 0.102. The van der Waals surface area contributed by atoms with Crippen LogP contribution in [-0.4, -0.2) is 5.78 Å². The fourth-order valence-electron chi connectivity index (χ4n) is 2.73. The maximum atomic E-state index is 12.4. The molecule has 0 aliphatic rings. The number of benzene rings is 2. The monoisotopic (exact) mass is 452 g/mol. The van der Waals surface area contributed by atoms with E-state index in [0.717, 1.165) is 21.4 Å². The number of hydrogen-bond donors (Lipinski definition) is 0. The van der Waals surface area contributed by atoms with Crippen LogP contribution in [0.2, 0.25) is 5.02 Å². The van der Waals surface area contributed by atoms with Crippen LogP contribution >= 0.6 is 27.5 Å². The molecule has 28 heavy (non-hydrogen) atoms. The first-order chi connectivity index (χ1) is 13.6. The van der Waals surface area contributed by atoms with E-state index in [2.05, 4.69) is 15.9 Å². The van der Waals surface area contributed by atoms with E-state index in [-0.39, 0.29) is 11.5 Å². The van der Waals surface area contributed by atoms with Gasteiger partial charge >= 0.3 is 0 Å². The zero-order valence-corrected chi connectivity index (χ0v) is 16.9. The molecule has 138 valence electrons. The van der Waals surface area contributed by atoms with Crippen LogP contribution in [0.25, 0.3) is 28.7 Å². The van der Waals surface area contributed by atoms with Gasteiger partial charge in [0.15, 0.2) is 5.76 Å². The summed E-state index contributed by atoms with van der Waals surface area (Å²) in [6.45, 7) is 0. The molecule has 0 amide bonds.